The number of piperidine rings is 1. The number of likely N-dealkylation sites (tertiary alicyclic amines) is 2. The van der Waals surface area contributed by atoms with Crippen LogP contribution in [0.15, 0.2) is 36.7 Å². The fraction of sp³-hybridized carbons (Fsp3) is 0.679. The van der Waals surface area contributed by atoms with Crippen molar-refractivity contribution in [2.45, 2.75) is 81.8 Å². The Morgan fingerprint density at radius 3 is 2.66 bits per heavy atom. The van der Waals surface area contributed by atoms with Crippen LogP contribution in [0.4, 0.5) is 0 Å². The molecule has 32 heavy (non-hydrogen) atoms. The van der Waals surface area contributed by atoms with E-state index in [9.17, 15) is 0 Å². The molecule has 0 N–H and O–H groups in total. The topological polar surface area (TPSA) is 24.3 Å². The molecule has 0 amide bonds. The molecule has 0 radical (unpaired) electrons. The zero-order valence-electron chi connectivity index (χ0n) is 19.6. The number of hydrogen-bond donors (Lipinski definition) is 0. The summed E-state index contributed by atoms with van der Waals surface area (Å²) in [6.07, 6.45) is 15.2. The normalized spacial score (nSPS) is 37.3. The van der Waals surface area contributed by atoms with Gasteiger partial charge in [0, 0.05) is 30.2 Å². The highest BCUT2D eigenvalue weighted by Gasteiger charge is 2.54. The van der Waals surface area contributed by atoms with Crippen molar-refractivity contribution in [3.05, 3.63) is 53.3 Å². The van der Waals surface area contributed by atoms with Crippen molar-refractivity contribution >= 4 is 0 Å². The van der Waals surface area contributed by atoms with Crippen LogP contribution in [0.2, 0.25) is 0 Å². The molecule has 1 aromatic heterocycles. The summed E-state index contributed by atoms with van der Waals surface area (Å²) in [6, 6.07) is 11.7. The summed E-state index contributed by atoms with van der Waals surface area (Å²) in [5.74, 6) is 1.85. The van der Waals surface area contributed by atoms with Crippen LogP contribution >= 0.6 is 0 Å². The van der Waals surface area contributed by atoms with Crippen LogP contribution in [-0.2, 0) is 11.8 Å². The van der Waals surface area contributed by atoms with Crippen LogP contribution in [-0.4, -0.2) is 57.8 Å². The summed E-state index contributed by atoms with van der Waals surface area (Å²) in [6.45, 7) is 7.44. The Bertz CT molecular complexity index is 987. The Labute approximate surface area is 193 Å². The van der Waals surface area contributed by atoms with Gasteiger partial charge in [0.25, 0.3) is 0 Å². The average Bonchev–Trinajstić information content (AvgIpc) is 3.52. The first kappa shape index (κ1) is 19.8. The van der Waals surface area contributed by atoms with E-state index in [1.807, 2.05) is 6.20 Å². The van der Waals surface area contributed by atoms with E-state index in [0.29, 0.717) is 11.5 Å². The highest BCUT2D eigenvalue weighted by Crippen LogP contribution is 2.54. The quantitative estimate of drug-likeness (QED) is 0.709. The maximum atomic E-state index is 4.59. The summed E-state index contributed by atoms with van der Waals surface area (Å²) in [5, 5.41) is 4.59. The molecular formula is C28H38N4. The number of fused-ring (bicyclic) bond motifs is 1. The van der Waals surface area contributed by atoms with Crippen molar-refractivity contribution in [1.82, 2.24) is 19.6 Å². The van der Waals surface area contributed by atoms with E-state index in [-0.39, 0.29) is 0 Å². The predicted molar refractivity (Wildman–Crippen MR) is 128 cm³/mol. The number of benzene rings is 1. The fourth-order valence-electron chi connectivity index (χ4n) is 7.94. The molecule has 2 saturated heterocycles. The monoisotopic (exact) mass is 430 g/mol. The SMILES string of the molecule is Cc1cnn(C2CC(N3CC[C@@H]4[C@H]5Cc6ccccc6[C@@]4(CC3)CCN5CC3CC3)C2)c1. The summed E-state index contributed by atoms with van der Waals surface area (Å²) >= 11 is 0. The van der Waals surface area contributed by atoms with E-state index in [2.05, 4.69) is 57.0 Å². The number of aryl methyl sites for hydroxylation is 1. The highest BCUT2D eigenvalue weighted by atomic mass is 15.3. The third-order valence-electron chi connectivity index (χ3n) is 9.94. The average molecular weight is 431 g/mol. The first-order chi connectivity index (χ1) is 15.7. The smallest absolute Gasteiger partial charge is 0.0549 e. The van der Waals surface area contributed by atoms with E-state index in [4.69, 9.17) is 0 Å². The maximum absolute atomic E-state index is 4.59. The van der Waals surface area contributed by atoms with Crippen molar-refractivity contribution in [2.75, 3.05) is 26.2 Å². The summed E-state index contributed by atoms with van der Waals surface area (Å²) in [5.41, 5.74) is 5.11. The van der Waals surface area contributed by atoms with E-state index in [1.54, 1.807) is 11.1 Å². The number of rotatable bonds is 4. The summed E-state index contributed by atoms with van der Waals surface area (Å²) in [4.78, 5) is 5.81. The lowest BCUT2D eigenvalue weighted by molar-refractivity contribution is 0.00906. The number of aromatic nitrogens is 2. The van der Waals surface area contributed by atoms with E-state index in [1.165, 1.54) is 83.1 Å². The first-order valence-electron chi connectivity index (χ1n) is 13.3. The highest BCUT2D eigenvalue weighted by molar-refractivity contribution is 5.41. The largest absolute Gasteiger partial charge is 0.300 e. The zero-order chi connectivity index (χ0) is 21.3. The molecule has 4 nitrogen and oxygen atoms in total. The molecule has 5 aliphatic rings. The summed E-state index contributed by atoms with van der Waals surface area (Å²) in [7, 11) is 0. The zero-order valence-corrected chi connectivity index (χ0v) is 19.6. The van der Waals surface area contributed by atoms with E-state index in [0.717, 1.165) is 23.9 Å². The van der Waals surface area contributed by atoms with Crippen LogP contribution in [0.5, 0.6) is 0 Å². The lowest BCUT2D eigenvalue weighted by Gasteiger charge is -2.57. The lowest BCUT2D eigenvalue weighted by Crippen LogP contribution is -2.60. The molecule has 3 heterocycles. The molecule has 2 bridgehead atoms. The van der Waals surface area contributed by atoms with Gasteiger partial charge in [0.1, 0.15) is 0 Å². The Hall–Kier alpha value is -1.65. The van der Waals surface area contributed by atoms with Gasteiger partial charge >= 0.3 is 0 Å². The first-order valence-corrected chi connectivity index (χ1v) is 13.3. The van der Waals surface area contributed by atoms with Crippen LogP contribution in [0.25, 0.3) is 0 Å². The third-order valence-corrected chi connectivity index (χ3v) is 9.94. The van der Waals surface area contributed by atoms with Gasteiger partial charge in [-0.3, -0.25) is 9.58 Å². The van der Waals surface area contributed by atoms with Gasteiger partial charge < -0.3 is 4.90 Å². The summed E-state index contributed by atoms with van der Waals surface area (Å²) < 4.78 is 2.22. The van der Waals surface area contributed by atoms with Gasteiger partial charge in [-0.25, -0.2) is 0 Å². The molecule has 7 rings (SSSR count). The van der Waals surface area contributed by atoms with Gasteiger partial charge in [0.15, 0.2) is 0 Å². The maximum Gasteiger partial charge on any atom is 0.0549 e. The van der Waals surface area contributed by atoms with Gasteiger partial charge in [0.2, 0.25) is 0 Å². The fourth-order valence-corrected chi connectivity index (χ4v) is 7.94. The Kier molecular flexibility index (Phi) is 4.59. The molecule has 0 spiro atoms. The van der Waals surface area contributed by atoms with Gasteiger partial charge in [-0.2, -0.15) is 5.10 Å². The van der Waals surface area contributed by atoms with Crippen LogP contribution < -0.4 is 0 Å². The second-order valence-corrected chi connectivity index (χ2v) is 11.7. The second-order valence-electron chi connectivity index (χ2n) is 11.7. The van der Waals surface area contributed by atoms with Crippen molar-refractivity contribution in [1.29, 1.82) is 0 Å². The van der Waals surface area contributed by atoms with Gasteiger partial charge in [-0.1, -0.05) is 24.3 Å². The Morgan fingerprint density at radius 2 is 1.84 bits per heavy atom. The number of nitrogens with zero attached hydrogens (tertiary/aromatic N) is 4. The molecule has 3 aliphatic carbocycles. The minimum Gasteiger partial charge on any atom is -0.300 e. The number of hydrogen-bond acceptors (Lipinski definition) is 3. The van der Waals surface area contributed by atoms with E-state index >= 15 is 0 Å². The molecule has 1 aromatic carbocycles. The van der Waals surface area contributed by atoms with E-state index < -0.39 is 0 Å². The molecule has 170 valence electrons. The van der Waals surface area contributed by atoms with Crippen molar-refractivity contribution in [3.63, 3.8) is 0 Å². The van der Waals surface area contributed by atoms with Crippen LogP contribution in [0, 0.1) is 18.8 Å². The standard InChI is InChI=1S/C28H38N4/c1-20-17-29-32(18-20)24-15-23(16-24)30-11-8-26-27-14-22-4-2-3-5-25(22)28(26,9-12-30)10-13-31(27)19-21-6-7-21/h2-5,17-18,21,23-24,26-27H,6-16,19H2,1H3/t23?,24?,26-,27-,28-/m1/s1. The molecule has 4 fully saturated rings. The molecule has 4 heteroatoms. The van der Waals surface area contributed by atoms with Crippen molar-refractivity contribution in [2.24, 2.45) is 11.8 Å². The van der Waals surface area contributed by atoms with Crippen LogP contribution in [0.3, 0.4) is 0 Å². The molecular weight excluding hydrogens is 392 g/mol. The third kappa shape index (κ3) is 3.13. The Morgan fingerprint density at radius 1 is 1.00 bits per heavy atom. The predicted octanol–water partition coefficient (Wildman–Crippen LogP) is 4.59. The van der Waals surface area contributed by atoms with Gasteiger partial charge in [-0.05, 0) is 106 Å². The van der Waals surface area contributed by atoms with Crippen LogP contribution in [0.1, 0.15) is 67.7 Å². The molecule has 2 aliphatic heterocycles. The molecule has 2 saturated carbocycles. The minimum atomic E-state index is 0.427. The molecule has 0 unspecified atom stereocenters. The van der Waals surface area contributed by atoms with Gasteiger partial charge in [-0.15, -0.1) is 0 Å². The lowest BCUT2D eigenvalue weighted by atomic mass is 9.55. The molecule has 3 atom stereocenters. The van der Waals surface area contributed by atoms with Crippen molar-refractivity contribution < 1.29 is 0 Å². The molecule has 2 aromatic rings. The van der Waals surface area contributed by atoms with Gasteiger partial charge in [0.05, 0.1) is 12.2 Å². The second kappa shape index (κ2) is 7.43. The minimum absolute atomic E-state index is 0.427. The van der Waals surface area contributed by atoms with Crippen molar-refractivity contribution in [3.8, 4) is 0 Å². The Balaban J connectivity index is 1.13.